The Morgan fingerprint density at radius 3 is 2.40 bits per heavy atom. The molecule has 0 aliphatic carbocycles. The third kappa shape index (κ3) is 4.26. The Bertz CT molecular complexity index is 725. The van der Waals surface area contributed by atoms with Gasteiger partial charge in [0.1, 0.15) is 17.4 Å². The molecule has 0 atom stereocenters. The lowest BCUT2D eigenvalue weighted by atomic mass is 10.1. The number of amides is 1. The van der Waals surface area contributed by atoms with Crippen molar-refractivity contribution in [2.45, 2.75) is 20.8 Å². The number of para-hydroxylation sites is 1. The van der Waals surface area contributed by atoms with Crippen molar-refractivity contribution in [1.29, 1.82) is 0 Å². The highest BCUT2D eigenvalue weighted by Gasteiger charge is 2.24. The number of carbonyl (C=O) groups is 1. The van der Waals surface area contributed by atoms with E-state index in [4.69, 9.17) is 4.74 Å². The van der Waals surface area contributed by atoms with Crippen LogP contribution >= 0.6 is 0 Å². The van der Waals surface area contributed by atoms with Gasteiger partial charge in [0.25, 0.3) is 0 Å². The lowest BCUT2D eigenvalue weighted by Gasteiger charge is -2.36. The molecule has 0 saturated carbocycles. The van der Waals surface area contributed by atoms with Gasteiger partial charge in [-0.25, -0.2) is 4.98 Å². The SMILES string of the molecule is Cc1nc(Oc2ccccc2)cc(N2CCN(C(=O)C(C)C)CC2)n1. The van der Waals surface area contributed by atoms with Crippen LogP contribution in [0.3, 0.4) is 0 Å². The molecule has 3 rings (SSSR count). The number of rotatable bonds is 4. The first kappa shape index (κ1) is 17.2. The molecule has 25 heavy (non-hydrogen) atoms. The summed E-state index contributed by atoms with van der Waals surface area (Å²) in [5.74, 6) is 3.05. The number of hydrogen-bond acceptors (Lipinski definition) is 5. The third-order valence-electron chi connectivity index (χ3n) is 4.18. The second-order valence-corrected chi connectivity index (χ2v) is 6.49. The van der Waals surface area contributed by atoms with E-state index in [1.807, 2.05) is 62.1 Å². The van der Waals surface area contributed by atoms with Crippen molar-refractivity contribution >= 4 is 11.7 Å². The summed E-state index contributed by atoms with van der Waals surface area (Å²) in [6.45, 7) is 8.70. The molecular weight excluding hydrogens is 316 g/mol. The molecule has 0 N–H and O–H groups in total. The van der Waals surface area contributed by atoms with Crippen molar-refractivity contribution in [3.05, 3.63) is 42.2 Å². The zero-order valence-electron chi connectivity index (χ0n) is 15.0. The standard InChI is InChI=1S/C19H24N4O2/c1-14(2)19(24)23-11-9-22(10-12-23)17-13-18(21-15(3)20-17)25-16-7-5-4-6-8-16/h4-8,13-14H,9-12H2,1-3H3. The van der Waals surface area contributed by atoms with Gasteiger partial charge in [0, 0.05) is 38.2 Å². The number of hydrogen-bond donors (Lipinski definition) is 0. The quantitative estimate of drug-likeness (QED) is 0.856. The smallest absolute Gasteiger partial charge is 0.225 e. The van der Waals surface area contributed by atoms with E-state index in [0.717, 1.165) is 37.7 Å². The highest BCUT2D eigenvalue weighted by atomic mass is 16.5. The van der Waals surface area contributed by atoms with Crippen LogP contribution in [0, 0.1) is 12.8 Å². The lowest BCUT2D eigenvalue weighted by Crippen LogP contribution is -2.50. The molecule has 2 heterocycles. The van der Waals surface area contributed by atoms with E-state index in [0.29, 0.717) is 11.7 Å². The van der Waals surface area contributed by atoms with Crippen LogP contribution in [0.2, 0.25) is 0 Å². The lowest BCUT2D eigenvalue weighted by molar-refractivity contribution is -0.134. The predicted octanol–water partition coefficient (Wildman–Crippen LogP) is 2.88. The summed E-state index contributed by atoms with van der Waals surface area (Å²) in [4.78, 5) is 25.1. The van der Waals surface area contributed by atoms with Crippen molar-refractivity contribution in [2.75, 3.05) is 31.1 Å². The van der Waals surface area contributed by atoms with Gasteiger partial charge in [-0.3, -0.25) is 4.79 Å². The average Bonchev–Trinajstić information content (AvgIpc) is 2.61. The minimum Gasteiger partial charge on any atom is -0.439 e. The average molecular weight is 340 g/mol. The summed E-state index contributed by atoms with van der Waals surface area (Å²) in [6.07, 6.45) is 0. The Balaban J connectivity index is 1.70. The monoisotopic (exact) mass is 340 g/mol. The molecule has 0 spiro atoms. The van der Waals surface area contributed by atoms with E-state index in [-0.39, 0.29) is 11.8 Å². The highest BCUT2D eigenvalue weighted by molar-refractivity contribution is 5.78. The van der Waals surface area contributed by atoms with Crippen molar-refractivity contribution in [3.63, 3.8) is 0 Å². The molecular formula is C19H24N4O2. The van der Waals surface area contributed by atoms with Crippen molar-refractivity contribution in [3.8, 4) is 11.6 Å². The predicted molar refractivity (Wildman–Crippen MR) is 96.9 cm³/mol. The molecule has 132 valence electrons. The number of carbonyl (C=O) groups excluding carboxylic acids is 1. The van der Waals surface area contributed by atoms with Crippen molar-refractivity contribution < 1.29 is 9.53 Å². The molecule has 6 heteroatoms. The molecule has 2 aromatic rings. The normalized spacial score (nSPS) is 14.7. The van der Waals surface area contributed by atoms with Crippen LogP contribution in [0.25, 0.3) is 0 Å². The van der Waals surface area contributed by atoms with Gasteiger partial charge in [-0.15, -0.1) is 0 Å². The first-order valence-electron chi connectivity index (χ1n) is 8.65. The van der Waals surface area contributed by atoms with E-state index < -0.39 is 0 Å². The van der Waals surface area contributed by atoms with Gasteiger partial charge < -0.3 is 14.5 Å². The van der Waals surface area contributed by atoms with Gasteiger partial charge >= 0.3 is 0 Å². The Labute approximate surface area is 148 Å². The Morgan fingerprint density at radius 1 is 1.08 bits per heavy atom. The van der Waals surface area contributed by atoms with E-state index in [1.165, 1.54) is 0 Å². The first-order valence-corrected chi connectivity index (χ1v) is 8.65. The Kier molecular flexibility index (Phi) is 5.16. The Hall–Kier alpha value is -2.63. The fourth-order valence-electron chi connectivity index (χ4n) is 2.87. The number of ether oxygens (including phenoxy) is 1. The number of anilines is 1. The summed E-state index contributed by atoms with van der Waals surface area (Å²) in [7, 11) is 0. The molecule has 6 nitrogen and oxygen atoms in total. The summed E-state index contributed by atoms with van der Waals surface area (Å²) in [5, 5.41) is 0. The number of piperazine rings is 1. The van der Waals surface area contributed by atoms with Gasteiger partial charge in [-0.2, -0.15) is 4.98 Å². The highest BCUT2D eigenvalue weighted by Crippen LogP contribution is 2.24. The second kappa shape index (κ2) is 7.51. The summed E-state index contributed by atoms with van der Waals surface area (Å²) in [6, 6.07) is 11.5. The zero-order chi connectivity index (χ0) is 17.8. The number of benzene rings is 1. The van der Waals surface area contributed by atoms with E-state index in [2.05, 4.69) is 14.9 Å². The number of aromatic nitrogens is 2. The van der Waals surface area contributed by atoms with Gasteiger partial charge in [-0.1, -0.05) is 32.0 Å². The summed E-state index contributed by atoms with van der Waals surface area (Å²) in [5.41, 5.74) is 0. The largest absolute Gasteiger partial charge is 0.439 e. The molecule has 0 bridgehead atoms. The summed E-state index contributed by atoms with van der Waals surface area (Å²) < 4.78 is 5.84. The van der Waals surface area contributed by atoms with Crippen LogP contribution in [0.4, 0.5) is 5.82 Å². The maximum Gasteiger partial charge on any atom is 0.225 e. The van der Waals surface area contributed by atoms with Gasteiger partial charge in [0.15, 0.2) is 0 Å². The van der Waals surface area contributed by atoms with Gasteiger partial charge in [-0.05, 0) is 19.1 Å². The maximum atomic E-state index is 12.1. The fourth-order valence-corrected chi connectivity index (χ4v) is 2.87. The molecule has 1 amide bonds. The molecule has 1 aromatic carbocycles. The van der Waals surface area contributed by atoms with Crippen LogP contribution in [0.1, 0.15) is 19.7 Å². The molecule has 0 radical (unpaired) electrons. The van der Waals surface area contributed by atoms with Gasteiger partial charge in [0.2, 0.25) is 11.8 Å². The molecule has 1 aliphatic heterocycles. The molecule has 0 unspecified atom stereocenters. The second-order valence-electron chi connectivity index (χ2n) is 6.49. The number of nitrogens with zero attached hydrogens (tertiary/aromatic N) is 4. The Morgan fingerprint density at radius 2 is 1.76 bits per heavy atom. The fraction of sp³-hybridized carbons (Fsp3) is 0.421. The van der Waals surface area contributed by atoms with Crippen LogP contribution in [-0.2, 0) is 4.79 Å². The first-order chi connectivity index (χ1) is 12.0. The summed E-state index contributed by atoms with van der Waals surface area (Å²) >= 11 is 0. The van der Waals surface area contributed by atoms with Crippen molar-refractivity contribution in [2.24, 2.45) is 5.92 Å². The maximum absolute atomic E-state index is 12.1. The van der Waals surface area contributed by atoms with Crippen LogP contribution in [-0.4, -0.2) is 47.0 Å². The third-order valence-corrected chi connectivity index (χ3v) is 4.18. The van der Waals surface area contributed by atoms with Crippen LogP contribution in [0.15, 0.2) is 36.4 Å². The zero-order valence-corrected chi connectivity index (χ0v) is 15.0. The minimum absolute atomic E-state index is 0.0405. The van der Waals surface area contributed by atoms with Crippen molar-refractivity contribution in [1.82, 2.24) is 14.9 Å². The minimum atomic E-state index is 0.0405. The van der Waals surface area contributed by atoms with E-state index >= 15 is 0 Å². The van der Waals surface area contributed by atoms with Crippen LogP contribution in [0.5, 0.6) is 11.6 Å². The molecule has 1 fully saturated rings. The topological polar surface area (TPSA) is 58.6 Å². The van der Waals surface area contributed by atoms with E-state index in [9.17, 15) is 4.79 Å². The molecule has 1 saturated heterocycles. The van der Waals surface area contributed by atoms with Gasteiger partial charge in [0.05, 0.1) is 0 Å². The molecule has 1 aliphatic rings. The van der Waals surface area contributed by atoms with E-state index in [1.54, 1.807) is 0 Å². The van der Waals surface area contributed by atoms with Crippen LogP contribution < -0.4 is 9.64 Å². The number of aryl methyl sites for hydroxylation is 1. The molecule has 1 aromatic heterocycles.